The van der Waals surface area contributed by atoms with Crippen molar-refractivity contribution in [3.63, 3.8) is 0 Å². The van der Waals surface area contributed by atoms with Gasteiger partial charge in [-0.25, -0.2) is 17.6 Å². The maximum atomic E-state index is 13.8. The van der Waals surface area contributed by atoms with Gasteiger partial charge in [0, 0.05) is 0 Å². The van der Waals surface area contributed by atoms with E-state index in [1.807, 2.05) is 0 Å². The summed E-state index contributed by atoms with van der Waals surface area (Å²) in [5, 5.41) is 4.90. The lowest BCUT2D eigenvalue weighted by molar-refractivity contribution is 0.0635. The van der Waals surface area contributed by atoms with Crippen molar-refractivity contribution in [1.29, 1.82) is 0 Å². The van der Waals surface area contributed by atoms with Gasteiger partial charge >= 0.3 is 6.09 Å². The number of sulfone groups is 1. The van der Waals surface area contributed by atoms with E-state index in [2.05, 4.69) is 10.6 Å². The molecular weight excluding hydrogens is 451 g/mol. The molecule has 0 saturated carbocycles. The van der Waals surface area contributed by atoms with Crippen molar-refractivity contribution in [1.82, 2.24) is 0 Å². The van der Waals surface area contributed by atoms with Gasteiger partial charge in [0.05, 0.1) is 16.3 Å². The molecule has 0 spiro atoms. The van der Waals surface area contributed by atoms with Crippen molar-refractivity contribution in [2.75, 3.05) is 10.6 Å². The van der Waals surface area contributed by atoms with Crippen molar-refractivity contribution >= 4 is 33.2 Å². The molecule has 33 heavy (non-hydrogen) atoms. The lowest BCUT2D eigenvalue weighted by atomic mass is 10.2. The largest absolute Gasteiger partial charge is 0.455 e. The molecule has 8 nitrogen and oxygen atoms in total. The molecule has 2 N–H and O–H groups in total. The summed E-state index contributed by atoms with van der Waals surface area (Å²) in [6.45, 7) is 5.06. The Labute approximate surface area is 190 Å². The van der Waals surface area contributed by atoms with Crippen LogP contribution in [-0.2, 0) is 20.3 Å². The summed E-state index contributed by atoms with van der Waals surface area (Å²) >= 11 is 0. The van der Waals surface area contributed by atoms with Gasteiger partial charge in [-0.1, -0.05) is 18.2 Å². The number of carbonyl (C=O) groups excluding carboxylic acids is 2. The molecule has 0 fully saturated rings. The quantitative estimate of drug-likeness (QED) is 0.520. The Morgan fingerprint density at radius 3 is 2.33 bits per heavy atom. The fourth-order valence-electron chi connectivity index (χ4n) is 2.80. The smallest absolute Gasteiger partial charge is 0.412 e. The van der Waals surface area contributed by atoms with Gasteiger partial charge in [-0.2, -0.15) is 0 Å². The summed E-state index contributed by atoms with van der Waals surface area (Å²) in [7, 11) is -3.66. The molecule has 0 radical (unpaired) electrons. The Hall–Kier alpha value is -3.66. The van der Waals surface area contributed by atoms with Gasteiger partial charge < -0.3 is 14.5 Å². The van der Waals surface area contributed by atoms with Crippen LogP contribution in [0.2, 0.25) is 0 Å². The van der Waals surface area contributed by atoms with Crippen LogP contribution in [0.15, 0.2) is 70.0 Å². The van der Waals surface area contributed by atoms with Crippen molar-refractivity contribution in [2.24, 2.45) is 0 Å². The van der Waals surface area contributed by atoms with E-state index >= 15 is 0 Å². The second-order valence-electron chi connectivity index (χ2n) is 8.11. The molecule has 0 aliphatic carbocycles. The number of anilines is 2. The highest BCUT2D eigenvalue weighted by molar-refractivity contribution is 7.90. The Bertz CT molecular complexity index is 1260. The van der Waals surface area contributed by atoms with E-state index in [0.29, 0.717) is 0 Å². The molecule has 2 aromatic carbocycles. The van der Waals surface area contributed by atoms with Crippen LogP contribution in [0.3, 0.4) is 0 Å². The van der Waals surface area contributed by atoms with Crippen LogP contribution in [0, 0.1) is 5.82 Å². The highest BCUT2D eigenvalue weighted by Crippen LogP contribution is 2.25. The van der Waals surface area contributed by atoms with E-state index < -0.39 is 39.0 Å². The molecule has 2 amide bonds. The van der Waals surface area contributed by atoms with Gasteiger partial charge in [0.2, 0.25) is 0 Å². The number of hydrogen-bond acceptors (Lipinski definition) is 6. The molecule has 0 atom stereocenters. The van der Waals surface area contributed by atoms with E-state index in [1.165, 1.54) is 30.3 Å². The monoisotopic (exact) mass is 474 g/mol. The van der Waals surface area contributed by atoms with Crippen molar-refractivity contribution in [2.45, 2.75) is 37.0 Å². The molecule has 1 heterocycles. The van der Waals surface area contributed by atoms with E-state index in [0.717, 1.165) is 12.1 Å². The van der Waals surface area contributed by atoms with Crippen LogP contribution in [-0.4, -0.2) is 26.0 Å². The first-order chi connectivity index (χ1) is 15.4. The number of hydrogen-bond donors (Lipinski definition) is 2. The fraction of sp³-hybridized carbons (Fsp3) is 0.217. The topological polar surface area (TPSA) is 115 Å². The minimum Gasteiger partial charge on any atom is -0.455 e. The van der Waals surface area contributed by atoms with Crippen molar-refractivity contribution < 1.29 is 31.6 Å². The number of halogens is 1. The Morgan fingerprint density at radius 1 is 0.970 bits per heavy atom. The molecule has 10 heteroatoms. The lowest BCUT2D eigenvalue weighted by Crippen LogP contribution is -2.27. The summed E-state index contributed by atoms with van der Waals surface area (Å²) in [6.07, 6.45) is -0.781. The predicted octanol–water partition coefficient (Wildman–Crippen LogP) is 4.99. The molecule has 0 saturated heterocycles. The number of nitrogens with one attached hydrogen (secondary N) is 2. The number of rotatable bonds is 6. The maximum Gasteiger partial charge on any atom is 0.412 e. The average Bonchev–Trinajstić information content (AvgIpc) is 3.17. The van der Waals surface area contributed by atoms with Gasteiger partial charge in [-0.05, 0) is 63.2 Å². The van der Waals surface area contributed by atoms with E-state index in [1.54, 1.807) is 39.0 Å². The summed E-state index contributed by atoms with van der Waals surface area (Å²) in [4.78, 5) is 24.8. The minimum atomic E-state index is -3.66. The summed E-state index contributed by atoms with van der Waals surface area (Å²) < 4.78 is 49.3. The molecule has 1 aromatic heterocycles. The number of amides is 2. The van der Waals surface area contributed by atoms with Crippen LogP contribution in [0.5, 0.6) is 0 Å². The highest BCUT2D eigenvalue weighted by atomic mass is 32.2. The third kappa shape index (κ3) is 6.66. The molecule has 3 aromatic rings. The second kappa shape index (κ2) is 9.45. The van der Waals surface area contributed by atoms with Crippen LogP contribution < -0.4 is 10.6 Å². The van der Waals surface area contributed by atoms with Crippen LogP contribution in [0.4, 0.5) is 20.6 Å². The zero-order chi connectivity index (χ0) is 24.2. The molecular formula is C23H23FN2O6S. The third-order valence-corrected chi connectivity index (χ3v) is 5.84. The zero-order valence-electron chi connectivity index (χ0n) is 18.2. The first-order valence-electron chi connectivity index (χ1n) is 9.90. The summed E-state index contributed by atoms with van der Waals surface area (Å²) in [5.41, 5.74) is -0.670. The first-order valence-corrected chi connectivity index (χ1v) is 11.6. The number of benzene rings is 2. The van der Waals surface area contributed by atoms with Crippen LogP contribution in [0.25, 0.3) is 0 Å². The molecule has 3 rings (SSSR count). The standard InChI is InChI=1S/C23H23FN2O6S/c1-23(2,3)32-22(28)26-18-11-9-15(24)13-19(18)25-21(27)20-12-10-16(31-20)14-33(29,30)17-7-5-4-6-8-17/h4-13H,14H2,1-3H3,(H,25,27)(H,26,28). The zero-order valence-corrected chi connectivity index (χ0v) is 19.0. The SMILES string of the molecule is CC(C)(C)OC(=O)Nc1ccc(F)cc1NC(=O)c1ccc(CS(=O)(=O)c2ccccc2)o1. The molecule has 174 valence electrons. The summed E-state index contributed by atoms with van der Waals surface area (Å²) in [6, 6.07) is 13.9. The number of ether oxygens (including phenoxy) is 1. The minimum absolute atomic E-state index is 0.0271. The first kappa shape index (κ1) is 24.0. The fourth-order valence-corrected chi connectivity index (χ4v) is 4.07. The van der Waals surface area contributed by atoms with Gasteiger partial charge in [0.15, 0.2) is 15.6 Å². The normalized spacial score (nSPS) is 11.6. The lowest BCUT2D eigenvalue weighted by Gasteiger charge is -2.20. The van der Waals surface area contributed by atoms with Gasteiger partial charge in [0.25, 0.3) is 5.91 Å². The Morgan fingerprint density at radius 2 is 1.67 bits per heavy atom. The van der Waals surface area contributed by atoms with Gasteiger partial charge in [0.1, 0.15) is 22.9 Å². The predicted molar refractivity (Wildman–Crippen MR) is 120 cm³/mol. The van der Waals surface area contributed by atoms with E-state index in [9.17, 15) is 22.4 Å². The van der Waals surface area contributed by atoms with E-state index in [-0.39, 0.29) is 27.8 Å². The average molecular weight is 475 g/mol. The molecule has 0 unspecified atom stereocenters. The van der Waals surface area contributed by atoms with Gasteiger partial charge in [-0.3, -0.25) is 10.1 Å². The van der Waals surface area contributed by atoms with Crippen LogP contribution in [0.1, 0.15) is 37.1 Å². The number of carbonyl (C=O) groups is 2. The highest BCUT2D eigenvalue weighted by Gasteiger charge is 2.21. The third-order valence-electron chi connectivity index (χ3n) is 4.19. The molecule has 0 aliphatic rings. The molecule has 0 bridgehead atoms. The second-order valence-corrected chi connectivity index (χ2v) is 10.1. The number of furan rings is 1. The van der Waals surface area contributed by atoms with Crippen molar-refractivity contribution in [3.05, 3.63) is 78.0 Å². The molecule has 0 aliphatic heterocycles. The van der Waals surface area contributed by atoms with Crippen molar-refractivity contribution in [3.8, 4) is 0 Å². The van der Waals surface area contributed by atoms with E-state index in [4.69, 9.17) is 9.15 Å². The van der Waals surface area contributed by atoms with Crippen LogP contribution >= 0.6 is 0 Å². The maximum absolute atomic E-state index is 13.8. The Kier molecular flexibility index (Phi) is 6.87. The Balaban J connectivity index is 1.74. The summed E-state index contributed by atoms with van der Waals surface area (Å²) in [5.74, 6) is -1.95. The van der Waals surface area contributed by atoms with Gasteiger partial charge in [-0.15, -0.1) is 0 Å².